The molecule has 0 aromatic carbocycles. The molecule has 0 radical (unpaired) electrons. The zero-order valence-corrected chi connectivity index (χ0v) is 11.8. The minimum Gasteiger partial charge on any atom is -0.312 e. The summed E-state index contributed by atoms with van der Waals surface area (Å²) in [5.74, 6) is 0.855. The van der Waals surface area contributed by atoms with Crippen LogP contribution in [0.4, 0.5) is 0 Å². The van der Waals surface area contributed by atoms with Gasteiger partial charge in [0.25, 0.3) is 0 Å². The van der Waals surface area contributed by atoms with E-state index in [1.807, 2.05) is 0 Å². The third-order valence-electron chi connectivity index (χ3n) is 4.62. The lowest BCUT2D eigenvalue weighted by molar-refractivity contribution is 0.162. The molecule has 3 unspecified atom stereocenters. The van der Waals surface area contributed by atoms with E-state index in [0.717, 1.165) is 18.0 Å². The molecule has 2 rings (SSSR count). The molecule has 2 aliphatic heterocycles. The van der Waals surface area contributed by atoms with Crippen LogP contribution in [0.2, 0.25) is 0 Å². The van der Waals surface area contributed by atoms with Crippen molar-refractivity contribution in [2.24, 2.45) is 5.92 Å². The van der Waals surface area contributed by atoms with Gasteiger partial charge in [-0.15, -0.1) is 0 Å². The molecule has 0 amide bonds. The van der Waals surface area contributed by atoms with Crippen LogP contribution in [0.5, 0.6) is 0 Å². The third-order valence-corrected chi connectivity index (χ3v) is 4.62. The largest absolute Gasteiger partial charge is 0.312 e. The van der Waals surface area contributed by atoms with Crippen LogP contribution < -0.4 is 5.32 Å². The fraction of sp³-hybridized carbons (Fsp3) is 1.00. The summed E-state index contributed by atoms with van der Waals surface area (Å²) < 4.78 is 0. The Bertz CT molecular complexity index is 232. The van der Waals surface area contributed by atoms with E-state index in [-0.39, 0.29) is 0 Å². The highest BCUT2D eigenvalue weighted by atomic mass is 15.2. The Labute approximate surface area is 107 Å². The van der Waals surface area contributed by atoms with Gasteiger partial charge in [-0.05, 0) is 51.9 Å². The normalized spacial score (nSPS) is 37.2. The van der Waals surface area contributed by atoms with E-state index < -0.39 is 0 Å². The predicted molar refractivity (Wildman–Crippen MR) is 73.3 cm³/mol. The van der Waals surface area contributed by atoms with E-state index in [1.165, 1.54) is 52.0 Å². The lowest BCUT2D eigenvalue weighted by Crippen LogP contribution is -2.47. The molecule has 0 aliphatic carbocycles. The fourth-order valence-corrected chi connectivity index (χ4v) is 3.32. The fourth-order valence-electron chi connectivity index (χ4n) is 3.32. The molecule has 2 fully saturated rings. The van der Waals surface area contributed by atoms with Gasteiger partial charge in [0.2, 0.25) is 0 Å². The Balaban J connectivity index is 1.92. The second-order valence-electron chi connectivity index (χ2n) is 6.00. The molecule has 0 saturated carbocycles. The van der Waals surface area contributed by atoms with Crippen LogP contribution in [-0.2, 0) is 0 Å². The van der Waals surface area contributed by atoms with Gasteiger partial charge >= 0.3 is 0 Å². The van der Waals surface area contributed by atoms with Crippen LogP contribution in [0.3, 0.4) is 0 Å². The first-order valence-electron chi connectivity index (χ1n) is 7.36. The standard InChI is InChI=1S/C14H29N3/c1-4-13-10-16(3)8-5-9-17(13)11-14-12(2)6-7-15-14/h12-15H,4-11H2,1-3H3. The minimum atomic E-state index is 0.729. The zero-order chi connectivity index (χ0) is 12.3. The summed E-state index contributed by atoms with van der Waals surface area (Å²) in [6.45, 7) is 11.0. The maximum Gasteiger partial charge on any atom is 0.0221 e. The molecule has 0 aromatic rings. The zero-order valence-electron chi connectivity index (χ0n) is 11.8. The van der Waals surface area contributed by atoms with Gasteiger partial charge in [-0.2, -0.15) is 0 Å². The number of hydrogen-bond donors (Lipinski definition) is 1. The van der Waals surface area contributed by atoms with Crippen molar-refractivity contribution < 1.29 is 0 Å². The van der Waals surface area contributed by atoms with Crippen LogP contribution in [-0.4, -0.2) is 61.7 Å². The Kier molecular flexibility index (Phi) is 4.83. The Hall–Kier alpha value is -0.120. The lowest BCUT2D eigenvalue weighted by Gasteiger charge is -2.33. The van der Waals surface area contributed by atoms with E-state index in [4.69, 9.17) is 0 Å². The van der Waals surface area contributed by atoms with Crippen LogP contribution in [0, 0.1) is 5.92 Å². The summed E-state index contributed by atoms with van der Waals surface area (Å²) in [5.41, 5.74) is 0. The van der Waals surface area contributed by atoms with E-state index in [9.17, 15) is 0 Å². The highest BCUT2D eigenvalue weighted by molar-refractivity contribution is 4.87. The lowest BCUT2D eigenvalue weighted by atomic mass is 10.0. The summed E-state index contributed by atoms with van der Waals surface area (Å²) >= 11 is 0. The maximum atomic E-state index is 3.67. The van der Waals surface area contributed by atoms with Crippen molar-refractivity contribution in [2.45, 2.75) is 45.2 Å². The molecule has 100 valence electrons. The molecule has 3 heteroatoms. The molecule has 2 heterocycles. The maximum absolute atomic E-state index is 3.67. The first-order valence-corrected chi connectivity index (χ1v) is 7.36. The molecule has 3 nitrogen and oxygen atoms in total. The van der Waals surface area contributed by atoms with E-state index in [0.29, 0.717) is 0 Å². The Morgan fingerprint density at radius 1 is 1.29 bits per heavy atom. The average molecular weight is 239 g/mol. The number of likely N-dealkylation sites (N-methyl/N-ethyl adjacent to an activating group) is 1. The monoisotopic (exact) mass is 239 g/mol. The molecule has 17 heavy (non-hydrogen) atoms. The molecule has 0 bridgehead atoms. The van der Waals surface area contributed by atoms with E-state index in [1.54, 1.807) is 0 Å². The smallest absolute Gasteiger partial charge is 0.0221 e. The molecule has 0 aromatic heterocycles. The van der Waals surface area contributed by atoms with Crippen molar-refractivity contribution in [3.8, 4) is 0 Å². The van der Waals surface area contributed by atoms with Gasteiger partial charge in [-0.25, -0.2) is 0 Å². The van der Waals surface area contributed by atoms with Gasteiger partial charge in [0.05, 0.1) is 0 Å². The summed E-state index contributed by atoms with van der Waals surface area (Å²) in [4.78, 5) is 5.24. The first kappa shape index (κ1) is 13.3. The van der Waals surface area contributed by atoms with Crippen molar-refractivity contribution in [3.05, 3.63) is 0 Å². The molecule has 3 atom stereocenters. The summed E-state index contributed by atoms with van der Waals surface area (Å²) in [6, 6.07) is 1.49. The van der Waals surface area contributed by atoms with Gasteiger partial charge in [-0.1, -0.05) is 13.8 Å². The van der Waals surface area contributed by atoms with Crippen LogP contribution in [0.15, 0.2) is 0 Å². The molecular formula is C14H29N3. The molecule has 0 spiro atoms. The molecule has 1 N–H and O–H groups in total. The molecular weight excluding hydrogens is 210 g/mol. The van der Waals surface area contributed by atoms with Crippen LogP contribution >= 0.6 is 0 Å². The number of nitrogens with one attached hydrogen (secondary N) is 1. The highest BCUT2D eigenvalue weighted by Gasteiger charge is 2.28. The average Bonchev–Trinajstić information content (AvgIpc) is 2.61. The van der Waals surface area contributed by atoms with Crippen molar-refractivity contribution >= 4 is 0 Å². The van der Waals surface area contributed by atoms with Crippen molar-refractivity contribution in [3.63, 3.8) is 0 Å². The van der Waals surface area contributed by atoms with E-state index >= 15 is 0 Å². The highest BCUT2D eigenvalue weighted by Crippen LogP contribution is 2.19. The quantitative estimate of drug-likeness (QED) is 0.803. The topological polar surface area (TPSA) is 18.5 Å². The Morgan fingerprint density at radius 3 is 2.76 bits per heavy atom. The van der Waals surface area contributed by atoms with Gasteiger partial charge in [0.1, 0.15) is 0 Å². The first-order chi connectivity index (χ1) is 8.20. The van der Waals surface area contributed by atoms with Crippen molar-refractivity contribution in [1.82, 2.24) is 15.1 Å². The summed E-state index contributed by atoms with van der Waals surface area (Å²) in [6.07, 6.45) is 3.97. The SMILES string of the molecule is CCC1CN(C)CCCN1CC1NCCC1C. The number of rotatable bonds is 3. The molecule has 2 saturated heterocycles. The molecule has 2 aliphatic rings. The second kappa shape index (κ2) is 6.17. The van der Waals surface area contributed by atoms with Crippen molar-refractivity contribution in [1.29, 1.82) is 0 Å². The summed E-state index contributed by atoms with van der Waals surface area (Å²) in [5, 5.41) is 3.67. The van der Waals surface area contributed by atoms with Gasteiger partial charge < -0.3 is 10.2 Å². The van der Waals surface area contributed by atoms with Crippen LogP contribution in [0.1, 0.15) is 33.1 Å². The number of hydrogen-bond acceptors (Lipinski definition) is 3. The van der Waals surface area contributed by atoms with Gasteiger partial charge in [0, 0.05) is 25.2 Å². The van der Waals surface area contributed by atoms with Crippen molar-refractivity contribution in [2.75, 3.05) is 39.8 Å². The second-order valence-corrected chi connectivity index (χ2v) is 6.00. The van der Waals surface area contributed by atoms with Crippen LogP contribution in [0.25, 0.3) is 0 Å². The minimum absolute atomic E-state index is 0.729. The predicted octanol–water partition coefficient (Wildman–Crippen LogP) is 1.40. The van der Waals surface area contributed by atoms with Gasteiger partial charge in [-0.3, -0.25) is 4.90 Å². The number of nitrogens with zero attached hydrogens (tertiary/aromatic N) is 2. The van der Waals surface area contributed by atoms with E-state index in [2.05, 4.69) is 36.0 Å². The van der Waals surface area contributed by atoms with Gasteiger partial charge in [0.15, 0.2) is 0 Å². The Morgan fingerprint density at radius 2 is 2.12 bits per heavy atom. The summed E-state index contributed by atoms with van der Waals surface area (Å²) in [7, 11) is 2.27. The third kappa shape index (κ3) is 3.43.